The van der Waals surface area contributed by atoms with Gasteiger partial charge in [-0.3, -0.25) is 4.79 Å². The molecule has 1 aromatic rings. The van der Waals surface area contributed by atoms with Gasteiger partial charge in [0.1, 0.15) is 0 Å². The number of carbonyl (C=O) groups is 1. The maximum absolute atomic E-state index is 11.3. The Bertz CT molecular complexity index is 441. The van der Waals surface area contributed by atoms with Gasteiger partial charge in [0.2, 0.25) is 0 Å². The molecule has 86 valence electrons. The first kappa shape index (κ1) is 11.0. The van der Waals surface area contributed by atoms with Gasteiger partial charge < -0.3 is 9.47 Å². The molecule has 1 aliphatic rings. The van der Waals surface area contributed by atoms with E-state index in [1.54, 1.807) is 7.11 Å². The van der Waals surface area contributed by atoms with Crippen LogP contribution in [-0.4, -0.2) is 13.1 Å². The minimum absolute atomic E-state index is 0.0357. The van der Waals surface area contributed by atoms with Crippen molar-refractivity contribution >= 4 is 5.97 Å². The normalized spacial score (nSPS) is 14.6. The molecule has 0 amide bonds. The van der Waals surface area contributed by atoms with Crippen LogP contribution in [0.3, 0.4) is 0 Å². The van der Waals surface area contributed by atoms with Gasteiger partial charge >= 0.3 is 5.97 Å². The van der Waals surface area contributed by atoms with Gasteiger partial charge in [-0.1, -0.05) is 26.8 Å². The van der Waals surface area contributed by atoms with Crippen LogP contribution in [0.1, 0.15) is 31.9 Å². The largest absolute Gasteiger partial charge is 0.493 e. The molecule has 0 bridgehead atoms. The van der Waals surface area contributed by atoms with Gasteiger partial charge in [0.15, 0.2) is 11.5 Å². The molecule has 0 saturated heterocycles. The molecule has 1 aliphatic heterocycles. The quantitative estimate of drug-likeness (QED) is 0.538. The molecule has 2 rings (SSSR count). The lowest BCUT2D eigenvalue weighted by Gasteiger charge is -2.20. The monoisotopic (exact) mass is 220 g/mol. The average Bonchev–Trinajstić information content (AvgIpc) is 2.54. The Morgan fingerprint density at radius 3 is 2.56 bits per heavy atom. The van der Waals surface area contributed by atoms with Gasteiger partial charge in [-0.25, -0.2) is 0 Å². The van der Waals surface area contributed by atoms with Crippen molar-refractivity contribution in [3.05, 3.63) is 23.3 Å². The number of methoxy groups -OCH3 is 1. The molecule has 0 aliphatic carbocycles. The number of esters is 1. The number of fused-ring (bicyclic) bond motifs is 1. The Morgan fingerprint density at radius 1 is 1.31 bits per heavy atom. The highest BCUT2D eigenvalue weighted by Gasteiger charge is 2.27. The number of carbonyl (C=O) groups excluding carboxylic acids is 1. The summed E-state index contributed by atoms with van der Waals surface area (Å²) < 4.78 is 10.4. The summed E-state index contributed by atoms with van der Waals surface area (Å²) in [6, 6.07) is 3.97. The minimum atomic E-state index is -0.209. The Morgan fingerprint density at radius 2 is 2.00 bits per heavy atom. The summed E-state index contributed by atoms with van der Waals surface area (Å²) in [5, 5.41) is 0. The molecule has 0 atom stereocenters. The van der Waals surface area contributed by atoms with Crippen LogP contribution in [0.15, 0.2) is 12.1 Å². The Balaban J connectivity index is 2.55. The molecule has 0 unspecified atom stereocenters. The molecule has 3 heteroatoms. The molecule has 1 heterocycles. The topological polar surface area (TPSA) is 35.5 Å². The summed E-state index contributed by atoms with van der Waals surface area (Å²) >= 11 is 0. The summed E-state index contributed by atoms with van der Waals surface area (Å²) in [7, 11) is 1.59. The van der Waals surface area contributed by atoms with Crippen molar-refractivity contribution in [3.63, 3.8) is 0 Å². The van der Waals surface area contributed by atoms with E-state index in [4.69, 9.17) is 9.47 Å². The predicted octanol–water partition coefficient (Wildman–Crippen LogP) is 2.45. The maximum Gasteiger partial charge on any atom is 0.315 e. The molecule has 1 aromatic carbocycles. The third kappa shape index (κ3) is 1.77. The van der Waals surface area contributed by atoms with Crippen molar-refractivity contribution in [2.75, 3.05) is 7.11 Å². The molecule has 0 saturated carbocycles. The highest BCUT2D eigenvalue weighted by molar-refractivity contribution is 5.82. The van der Waals surface area contributed by atoms with Crippen LogP contribution in [0.25, 0.3) is 0 Å². The van der Waals surface area contributed by atoms with E-state index in [2.05, 4.69) is 20.8 Å². The van der Waals surface area contributed by atoms with E-state index in [1.807, 2.05) is 12.1 Å². The lowest BCUT2D eigenvalue weighted by atomic mass is 9.85. The molecule has 3 nitrogen and oxygen atoms in total. The van der Waals surface area contributed by atoms with Gasteiger partial charge in [-0.15, -0.1) is 0 Å². The molecule has 0 fully saturated rings. The molecule has 16 heavy (non-hydrogen) atoms. The van der Waals surface area contributed by atoms with E-state index in [9.17, 15) is 4.79 Å². The van der Waals surface area contributed by atoms with Crippen molar-refractivity contribution in [2.24, 2.45) is 0 Å². The van der Waals surface area contributed by atoms with Crippen LogP contribution in [0, 0.1) is 0 Å². The molecule has 0 aromatic heterocycles. The summed E-state index contributed by atoms with van der Waals surface area (Å²) in [5.74, 6) is 1.02. The Kier molecular flexibility index (Phi) is 2.41. The summed E-state index contributed by atoms with van der Waals surface area (Å²) in [6.45, 7) is 6.39. The van der Waals surface area contributed by atoms with Crippen LogP contribution in [0.4, 0.5) is 0 Å². The van der Waals surface area contributed by atoms with E-state index in [0.29, 0.717) is 17.9 Å². The number of hydrogen-bond donors (Lipinski definition) is 0. The highest BCUT2D eigenvalue weighted by Crippen LogP contribution is 2.40. The van der Waals surface area contributed by atoms with Crippen molar-refractivity contribution in [2.45, 2.75) is 32.6 Å². The van der Waals surface area contributed by atoms with Crippen molar-refractivity contribution in [1.82, 2.24) is 0 Å². The summed E-state index contributed by atoms with van der Waals surface area (Å²) in [5.41, 5.74) is 2.11. The van der Waals surface area contributed by atoms with Crippen LogP contribution in [0.2, 0.25) is 0 Å². The maximum atomic E-state index is 11.3. The first-order valence-corrected chi connectivity index (χ1v) is 5.34. The first-order chi connectivity index (χ1) is 7.41. The summed E-state index contributed by atoms with van der Waals surface area (Å²) in [4.78, 5) is 11.3. The second-order valence-electron chi connectivity index (χ2n) is 5.07. The molecular weight excluding hydrogens is 204 g/mol. The third-order valence-electron chi connectivity index (χ3n) is 2.77. The Labute approximate surface area is 95.4 Å². The number of benzene rings is 1. The van der Waals surface area contributed by atoms with Crippen LogP contribution in [-0.2, 0) is 16.6 Å². The first-order valence-electron chi connectivity index (χ1n) is 5.34. The minimum Gasteiger partial charge on any atom is -0.493 e. The van der Waals surface area contributed by atoms with Gasteiger partial charge in [0.25, 0.3) is 0 Å². The number of hydrogen-bond acceptors (Lipinski definition) is 3. The van der Waals surface area contributed by atoms with Crippen molar-refractivity contribution in [1.29, 1.82) is 0 Å². The van der Waals surface area contributed by atoms with Crippen LogP contribution >= 0.6 is 0 Å². The molecule has 0 N–H and O–H groups in total. The van der Waals surface area contributed by atoms with Crippen LogP contribution in [0.5, 0.6) is 11.5 Å². The van der Waals surface area contributed by atoms with Gasteiger partial charge in [-0.05, 0) is 17.0 Å². The van der Waals surface area contributed by atoms with Gasteiger partial charge in [-0.2, -0.15) is 0 Å². The second-order valence-corrected chi connectivity index (χ2v) is 5.07. The molecule has 0 radical (unpaired) electrons. The van der Waals surface area contributed by atoms with Gasteiger partial charge in [0.05, 0.1) is 13.5 Å². The fourth-order valence-corrected chi connectivity index (χ4v) is 1.80. The smallest absolute Gasteiger partial charge is 0.315 e. The van der Waals surface area contributed by atoms with Crippen molar-refractivity contribution in [3.8, 4) is 11.5 Å². The Hall–Kier alpha value is -1.51. The standard InChI is InChI=1S/C13H16O3/c1-13(2,3)9-5-8-6-11(14)16-12(8)10(7-9)15-4/h5,7H,6H2,1-4H3. The molecular formula is C13H16O3. The van der Waals surface area contributed by atoms with E-state index in [0.717, 1.165) is 11.1 Å². The summed E-state index contributed by atoms with van der Waals surface area (Å²) in [6.07, 6.45) is 0.343. The fourth-order valence-electron chi connectivity index (χ4n) is 1.80. The third-order valence-corrected chi connectivity index (χ3v) is 2.77. The van der Waals surface area contributed by atoms with Crippen molar-refractivity contribution < 1.29 is 14.3 Å². The fraction of sp³-hybridized carbons (Fsp3) is 0.462. The lowest BCUT2D eigenvalue weighted by Crippen LogP contribution is -2.11. The SMILES string of the molecule is COc1cc(C(C)(C)C)cc2c1OC(=O)C2. The van der Waals surface area contributed by atoms with E-state index >= 15 is 0 Å². The van der Waals surface area contributed by atoms with Gasteiger partial charge in [0, 0.05) is 5.56 Å². The lowest BCUT2D eigenvalue weighted by molar-refractivity contribution is -0.131. The van der Waals surface area contributed by atoms with Crippen LogP contribution < -0.4 is 9.47 Å². The number of rotatable bonds is 1. The van der Waals surface area contributed by atoms with E-state index in [1.165, 1.54) is 0 Å². The zero-order chi connectivity index (χ0) is 11.9. The average molecular weight is 220 g/mol. The van der Waals surface area contributed by atoms with E-state index in [-0.39, 0.29) is 11.4 Å². The highest BCUT2D eigenvalue weighted by atomic mass is 16.6. The zero-order valence-electron chi connectivity index (χ0n) is 10.1. The predicted molar refractivity (Wildman–Crippen MR) is 61.0 cm³/mol. The number of ether oxygens (including phenoxy) is 2. The second kappa shape index (κ2) is 3.51. The zero-order valence-corrected chi connectivity index (χ0v) is 10.1. The van der Waals surface area contributed by atoms with E-state index < -0.39 is 0 Å². The molecule has 0 spiro atoms.